The summed E-state index contributed by atoms with van der Waals surface area (Å²) in [6.07, 6.45) is 0. The Morgan fingerprint density at radius 2 is 2.18 bits per heavy atom. The molecule has 0 saturated heterocycles. The van der Waals surface area contributed by atoms with E-state index in [2.05, 4.69) is 30.1 Å². The van der Waals surface area contributed by atoms with E-state index in [0.717, 1.165) is 10.8 Å². The standard InChI is InChI=1S/C12H13ClN2OS/c1-8(2)9-4-3-5-10(6-9)16-12-15-14-11(7-13)17-12/h3-6,8H,7H2,1-2H3. The lowest BCUT2D eigenvalue weighted by Crippen LogP contribution is -1.89. The Bertz CT molecular complexity index is 499. The summed E-state index contributed by atoms with van der Waals surface area (Å²) in [5.41, 5.74) is 1.24. The highest BCUT2D eigenvalue weighted by Crippen LogP contribution is 2.27. The van der Waals surface area contributed by atoms with E-state index in [0.29, 0.717) is 17.0 Å². The number of aromatic nitrogens is 2. The van der Waals surface area contributed by atoms with Crippen molar-refractivity contribution in [3.8, 4) is 10.9 Å². The summed E-state index contributed by atoms with van der Waals surface area (Å²) in [6, 6.07) is 8.00. The SMILES string of the molecule is CC(C)c1cccc(Oc2nnc(CCl)s2)c1. The Morgan fingerprint density at radius 1 is 1.35 bits per heavy atom. The molecule has 0 aliphatic heterocycles. The van der Waals surface area contributed by atoms with Crippen LogP contribution in [-0.2, 0) is 5.88 Å². The summed E-state index contributed by atoms with van der Waals surface area (Å²) in [5.74, 6) is 1.63. The lowest BCUT2D eigenvalue weighted by molar-refractivity contribution is 0.472. The van der Waals surface area contributed by atoms with Crippen LogP contribution in [0, 0.1) is 0 Å². The fourth-order valence-electron chi connectivity index (χ4n) is 1.37. The molecule has 0 bridgehead atoms. The van der Waals surface area contributed by atoms with E-state index in [-0.39, 0.29) is 0 Å². The van der Waals surface area contributed by atoms with Crippen LogP contribution in [0.1, 0.15) is 30.3 Å². The Balaban J connectivity index is 2.15. The average molecular weight is 269 g/mol. The molecule has 1 heterocycles. The van der Waals surface area contributed by atoms with Gasteiger partial charge in [-0.15, -0.1) is 16.7 Å². The zero-order chi connectivity index (χ0) is 12.3. The predicted molar refractivity (Wildman–Crippen MR) is 70.1 cm³/mol. The summed E-state index contributed by atoms with van der Waals surface area (Å²) in [4.78, 5) is 0. The van der Waals surface area contributed by atoms with Crippen molar-refractivity contribution in [2.75, 3.05) is 0 Å². The maximum absolute atomic E-state index is 5.66. The summed E-state index contributed by atoms with van der Waals surface area (Å²) >= 11 is 7.03. The summed E-state index contributed by atoms with van der Waals surface area (Å²) in [6.45, 7) is 4.30. The lowest BCUT2D eigenvalue weighted by Gasteiger charge is -2.07. The second-order valence-electron chi connectivity index (χ2n) is 3.92. The summed E-state index contributed by atoms with van der Waals surface area (Å²) < 4.78 is 5.64. The minimum absolute atomic E-state index is 0.368. The molecular weight excluding hydrogens is 256 g/mol. The van der Waals surface area contributed by atoms with E-state index in [1.165, 1.54) is 16.9 Å². The fraction of sp³-hybridized carbons (Fsp3) is 0.333. The second-order valence-corrected chi connectivity index (χ2v) is 5.22. The Kier molecular flexibility index (Phi) is 3.97. The van der Waals surface area contributed by atoms with Gasteiger partial charge in [-0.25, -0.2) is 0 Å². The molecule has 3 nitrogen and oxygen atoms in total. The maximum Gasteiger partial charge on any atom is 0.299 e. The maximum atomic E-state index is 5.66. The van der Waals surface area contributed by atoms with Crippen LogP contribution in [0.15, 0.2) is 24.3 Å². The Morgan fingerprint density at radius 3 is 2.82 bits per heavy atom. The number of rotatable bonds is 4. The average Bonchev–Trinajstić information content (AvgIpc) is 2.77. The van der Waals surface area contributed by atoms with Crippen LogP contribution in [0.5, 0.6) is 10.9 Å². The monoisotopic (exact) mass is 268 g/mol. The Labute approximate surface area is 109 Å². The zero-order valence-corrected chi connectivity index (χ0v) is 11.3. The van der Waals surface area contributed by atoms with Crippen LogP contribution in [0.3, 0.4) is 0 Å². The molecule has 0 spiro atoms. The lowest BCUT2D eigenvalue weighted by atomic mass is 10.0. The van der Waals surface area contributed by atoms with Gasteiger partial charge in [0.1, 0.15) is 10.8 Å². The van der Waals surface area contributed by atoms with Crippen molar-refractivity contribution in [1.82, 2.24) is 10.2 Å². The molecule has 0 saturated carbocycles. The quantitative estimate of drug-likeness (QED) is 0.780. The van der Waals surface area contributed by atoms with Gasteiger partial charge < -0.3 is 4.74 Å². The van der Waals surface area contributed by atoms with E-state index in [1.807, 2.05) is 18.2 Å². The number of ether oxygens (including phenoxy) is 1. The van der Waals surface area contributed by atoms with Gasteiger partial charge in [0, 0.05) is 0 Å². The van der Waals surface area contributed by atoms with Crippen LogP contribution in [0.25, 0.3) is 0 Å². The smallest absolute Gasteiger partial charge is 0.299 e. The number of hydrogen-bond donors (Lipinski definition) is 0. The van der Waals surface area contributed by atoms with Gasteiger partial charge >= 0.3 is 0 Å². The largest absolute Gasteiger partial charge is 0.430 e. The van der Waals surface area contributed by atoms with E-state index in [1.54, 1.807) is 0 Å². The highest BCUT2D eigenvalue weighted by Gasteiger charge is 2.06. The van der Waals surface area contributed by atoms with Crippen LogP contribution in [-0.4, -0.2) is 10.2 Å². The molecule has 2 rings (SSSR count). The Hall–Kier alpha value is -1.13. The minimum atomic E-state index is 0.368. The van der Waals surface area contributed by atoms with Crippen LogP contribution >= 0.6 is 22.9 Å². The van der Waals surface area contributed by atoms with E-state index in [9.17, 15) is 0 Å². The third-order valence-electron chi connectivity index (χ3n) is 2.29. The van der Waals surface area contributed by atoms with Crippen LogP contribution in [0.2, 0.25) is 0 Å². The van der Waals surface area contributed by atoms with Gasteiger partial charge in [0.05, 0.1) is 5.88 Å². The number of hydrogen-bond acceptors (Lipinski definition) is 4. The third kappa shape index (κ3) is 3.17. The van der Waals surface area contributed by atoms with Gasteiger partial charge in [-0.05, 0) is 23.6 Å². The van der Waals surface area contributed by atoms with Crippen LogP contribution < -0.4 is 4.74 Å². The number of nitrogens with zero attached hydrogens (tertiary/aromatic N) is 2. The first-order chi connectivity index (χ1) is 8.19. The zero-order valence-electron chi connectivity index (χ0n) is 9.68. The molecule has 1 aromatic heterocycles. The molecule has 90 valence electrons. The molecule has 2 aromatic rings. The molecule has 0 unspecified atom stereocenters. The van der Waals surface area contributed by atoms with Crippen molar-refractivity contribution < 1.29 is 4.74 Å². The molecule has 0 fully saturated rings. The molecule has 0 amide bonds. The van der Waals surface area contributed by atoms with Gasteiger partial charge in [0.2, 0.25) is 0 Å². The normalized spacial score (nSPS) is 10.8. The third-order valence-corrected chi connectivity index (χ3v) is 3.51. The van der Waals surface area contributed by atoms with Crippen molar-refractivity contribution in [2.24, 2.45) is 0 Å². The molecule has 1 aromatic carbocycles. The van der Waals surface area contributed by atoms with Gasteiger partial charge in [-0.2, -0.15) is 0 Å². The van der Waals surface area contributed by atoms with Crippen molar-refractivity contribution >= 4 is 22.9 Å². The molecule has 17 heavy (non-hydrogen) atoms. The second kappa shape index (κ2) is 5.47. The van der Waals surface area contributed by atoms with Gasteiger partial charge in [-0.3, -0.25) is 0 Å². The summed E-state index contributed by atoms with van der Waals surface area (Å²) in [7, 11) is 0. The molecule has 0 N–H and O–H groups in total. The molecule has 0 atom stereocenters. The van der Waals surface area contributed by atoms with Crippen LogP contribution in [0.4, 0.5) is 0 Å². The molecular formula is C12H13ClN2OS. The topological polar surface area (TPSA) is 35.0 Å². The van der Waals surface area contributed by atoms with Gasteiger partial charge in [0.25, 0.3) is 5.19 Å². The first kappa shape index (κ1) is 12.3. The van der Waals surface area contributed by atoms with Crippen molar-refractivity contribution in [3.63, 3.8) is 0 Å². The predicted octanol–water partition coefficient (Wildman–Crippen LogP) is 4.19. The highest BCUT2D eigenvalue weighted by atomic mass is 35.5. The first-order valence-corrected chi connectivity index (χ1v) is 6.70. The van der Waals surface area contributed by atoms with Crippen molar-refractivity contribution in [2.45, 2.75) is 25.6 Å². The van der Waals surface area contributed by atoms with E-state index < -0.39 is 0 Å². The number of alkyl halides is 1. The minimum Gasteiger partial charge on any atom is -0.430 e. The summed E-state index contributed by atoms with van der Waals surface area (Å²) in [5, 5.41) is 9.11. The molecule has 0 aliphatic carbocycles. The van der Waals surface area contributed by atoms with Gasteiger partial charge in [0.15, 0.2) is 0 Å². The van der Waals surface area contributed by atoms with Crippen molar-refractivity contribution in [1.29, 1.82) is 0 Å². The van der Waals surface area contributed by atoms with E-state index in [4.69, 9.17) is 16.3 Å². The molecule has 5 heteroatoms. The van der Waals surface area contributed by atoms with Crippen molar-refractivity contribution in [3.05, 3.63) is 34.8 Å². The number of halogens is 1. The first-order valence-electron chi connectivity index (χ1n) is 5.35. The molecule has 0 radical (unpaired) electrons. The molecule has 0 aliphatic rings. The highest BCUT2D eigenvalue weighted by molar-refractivity contribution is 7.13. The van der Waals surface area contributed by atoms with E-state index >= 15 is 0 Å². The number of benzene rings is 1. The van der Waals surface area contributed by atoms with Gasteiger partial charge in [-0.1, -0.05) is 42.4 Å². The fourth-order valence-corrected chi connectivity index (χ4v) is 2.15.